The van der Waals surface area contributed by atoms with Crippen LogP contribution in [-0.4, -0.2) is 150 Å². The Bertz CT molecular complexity index is 1740. The van der Waals surface area contributed by atoms with E-state index in [0.717, 1.165) is 11.1 Å². The van der Waals surface area contributed by atoms with E-state index in [1.165, 1.54) is 0 Å². The molecule has 0 aliphatic carbocycles. The van der Waals surface area contributed by atoms with Crippen LogP contribution >= 0.6 is 7.60 Å². The summed E-state index contributed by atoms with van der Waals surface area (Å²) in [4.78, 5) is 61.8. The van der Waals surface area contributed by atoms with Gasteiger partial charge in [0.25, 0.3) is 0 Å². The number of rotatable bonds is 16. The van der Waals surface area contributed by atoms with E-state index in [0.29, 0.717) is 52.4 Å². The van der Waals surface area contributed by atoms with Gasteiger partial charge < -0.3 is 33.3 Å². The molecule has 2 aromatic rings. The van der Waals surface area contributed by atoms with Crippen molar-refractivity contribution >= 4 is 31.6 Å². The summed E-state index contributed by atoms with van der Waals surface area (Å²) in [5.74, 6) is -1.48. The third kappa shape index (κ3) is 23.9. The van der Waals surface area contributed by atoms with Crippen molar-refractivity contribution in [3.05, 3.63) is 71.8 Å². The summed E-state index contributed by atoms with van der Waals surface area (Å²) in [7, 11) is -3.75. The summed E-state index contributed by atoms with van der Waals surface area (Å²) in [6.07, 6.45) is -0.825. The molecule has 16 nitrogen and oxygen atoms in total. The Balaban J connectivity index is 1.99. The van der Waals surface area contributed by atoms with Gasteiger partial charge in [0.1, 0.15) is 36.7 Å². The highest BCUT2D eigenvalue weighted by Crippen LogP contribution is 2.54. The molecule has 64 heavy (non-hydrogen) atoms. The lowest BCUT2D eigenvalue weighted by atomic mass is 10.2. The summed E-state index contributed by atoms with van der Waals surface area (Å²) in [5.41, 5.74) is -1.42. The molecule has 3 rings (SSSR count). The van der Waals surface area contributed by atoms with Crippen LogP contribution in [-0.2, 0) is 60.2 Å². The molecule has 1 fully saturated rings. The quantitative estimate of drug-likeness (QED) is 0.107. The first kappa shape index (κ1) is 54.4. The number of carbonyl (C=O) groups is 4. The van der Waals surface area contributed by atoms with Crippen molar-refractivity contribution < 1.29 is 51.7 Å². The first-order valence-corrected chi connectivity index (χ1v) is 23.9. The summed E-state index contributed by atoms with van der Waals surface area (Å²) < 4.78 is 49.7. The van der Waals surface area contributed by atoms with Crippen LogP contribution in [0.25, 0.3) is 0 Å². The average Bonchev–Trinajstić information content (AvgIpc) is 3.14. The number of esters is 3. The highest BCUT2D eigenvalue weighted by molar-refractivity contribution is 7.53. The molecular weight excluding hydrogens is 842 g/mol. The van der Waals surface area contributed by atoms with E-state index in [1.54, 1.807) is 0 Å². The van der Waals surface area contributed by atoms with E-state index in [-0.39, 0.29) is 39.1 Å². The monoisotopic (exact) mass is 918 g/mol. The van der Waals surface area contributed by atoms with Gasteiger partial charge in [-0.05, 0) is 94.2 Å². The molecule has 1 aliphatic rings. The standard InChI is InChI=1S/C47H76N5O11P/c1-44(2,3)60-40(53)32-50-25-23-49(31-39(42(55)58-34-37-19-15-13-16-20-37)48-43(56)59-35-38-21-17-14-18-22-38)24-26-51(33-41(54)61-45(4,5)6)28-30-52(29-27-50)36-64(57,62-46(7,8)9)63-47(10,11)12/h13-22,39H,23-36H2,1-12H3,(H,48,56). The second-order valence-electron chi connectivity index (χ2n) is 20.2. The van der Waals surface area contributed by atoms with Crippen LogP contribution in [0.3, 0.4) is 0 Å². The maximum Gasteiger partial charge on any atom is 0.408 e. The van der Waals surface area contributed by atoms with E-state index in [4.69, 9.17) is 28.0 Å². The van der Waals surface area contributed by atoms with Crippen molar-refractivity contribution in [2.24, 2.45) is 0 Å². The number of hydrogen-bond donors (Lipinski definition) is 1. The van der Waals surface area contributed by atoms with Gasteiger partial charge in [-0.25, -0.2) is 9.59 Å². The maximum absolute atomic E-state index is 14.6. The minimum atomic E-state index is -3.75. The number of benzene rings is 2. The lowest BCUT2D eigenvalue weighted by Crippen LogP contribution is -2.53. The SMILES string of the molecule is CC(C)(C)OC(=O)CN1CCN(CC(NC(=O)OCc2ccccc2)C(=O)OCc2ccccc2)CCN(CC(=O)OC(C)(C)C)CCN(CP(=O)(OC(C)(C)C)OC(C)(C)C)CC1. The molecule has 0 bridgehead atoms. The molecule has 360 valence electrons. The third-order valence-corrected chi connectivity index (χ3v) is 11.5. The highest BCUT2D eigenvalue weighted by atomic mass is 31.2. The lowest BCUT2D eigenvalue weighted by Gasteiger charge is -2.37. The van der Waals surface area contributed by atoms with Crippen molar-refractivity contribution in [3.63, 3.8) is 0 Å². The highest BCUT2D eigenvalue weighted by Gasteiger charge is 2.38. The minimum absolute atomic E-state index is 0.00143. The van der Waals surface area contributed by atoms with Crippen LogP contribution in [0.5, 0.6) is 0 Å². The average molecular weight is 918 g/mol. The zero-order valence-corrected chi connectivity index (χ0v) is 41.4. The Labute approximate surface area is 382 Å². The Morgan fingerprint density at radius 1 is 0.547 bits per heavy atom. The Morgan fingerprint density at radius 3 is 1.31 bits per heavy atom. The zero-order chi connectivity index (χ0) is 47.8. The van der Waals surface area contributed by atoms with Crippen LogP contribution in [0.2, 0.25) is 0 Å². The van der Waals surface area contributed by atoms with Gasteiger partial charge in [0.15, 0.2) is 0 Å². The summed E-state index contributed by atoms with van der Waals surface area (Å²) in [5, 5.41) is 2.75. The fourth-order valence-corrected chi connectivity index (χ4v) is 9.26. The molecule has 0 saturated carbocycles. The van der Waals surface area contributed by atoms with Gasteiger partial charge in [-0.3, -0.25) is 33.8 Å². The van der Waals surface area contributed by atoms with E-state index in [9.17, 15) is 23.7 Å². The molecule has 1 aliphatic heterocycles. The molecule has 0 radical (unpaired) electrons. The predicted molar refractivity (Wildman–Crippen MR) is 247 cm³/mol. The third-order valence-electron chi connectivity index (χ3n) is 9.13. The number of hydrogen-bond acceptors (Lipinski definition) is 15. The fraction of sp³-hybridized carbons (Fsp3) is 0.660. The van der Waals surface area contributed by atoms with Gasteiger partial charge >= 0.3 is 31.6 Å². The Hall–Kier alpha value is -3.89. The Morgan fingerprint density at radius 2 is 0.922 bits per heavy atom. The molecule has 1 saturated heterocycles. The molecule has 1 unspecified atom stereocenters. The second-order valence-corrected chi connectivity index (χ2v) is 22.0. The number of amides is 1. The van der Waals surface area contributed by atoms with Crippen LogP contribution < -0.4 is 5.32 Å². The topological polar surface area (TPSA) is 166 Å². The van der Waals surface area contributed by atoms with Crippen molar-refractivity contribution in [1.29, 1.82) is 0 Å². The van der Waals surface area contributed by atoms with E-state index in [1.807, 2.05) is 163 Å². The molecule has 2 aromatic carbocycles. The largest absolute Gasteiger partial charge is 0.459 e. The smallest absolute Gasteiger partial charge is 0.408 e. The van der Waals surface area contributed by atoms with Crippen LogP contribution in [0, 0.1) is 0 Å². The van der Waals surface area contributed by atoms with Gasteiger partial charge in [0.2, 0.25) is 0 Å². The van der Waals surface area contributed by atoms with Crippen molar-refractivity contribution in [3.8, 4) is 0 Å². The van der Waals surface area contributed by atoms with Gasteiger partial charge in [-0.15, -0.1) is 0 Å². The van der Waals surface area contributed by atoms with E-state index in [2.05, 4.69) is 5.32 Å². The summed E-state index contributed by atoms with van der Waals surface area (Å²) in [6.45, 7) is 24.6. The molecule has 1 N–H and O–H groups in total. The van der Waals surface area contributed by atoms with Gasteiger partial charge in [0, 0.05) is 58.9 Å². The Kier molecular flexibility index (Phi) is 20.9. The van der Waals surface area contributed by atoms with E-state index >= 15 is 0 Å². The number of alkyl carbamates (subject to hydrolysis) is 1. The van der Waals surface area contributed by atoms with Gasteiger partial charge in [-0.1, -0.05) is 60.7 Å². The maximum atomic E-state index is 14.6. The number of nitrogens with one attached hydrogen (secondary N) is 1. The minimum Gasteiger partial charge on any atom is -0.459 e. The summed E-state index contributed by atoms with van der Waals surface area (Å²) >= 11 is 0. The molecule has 17 heteroatoms. The number of ether oxygens (including phenoxy) is 4. The summed E-state index contributed by atoms with van der Waals surface area (Å²) in [6, 6.07) is 17.3. The van der Waals surface area contributed by atoms with Crippen molar-refractivity contribution in [2.75, 3.05) is 78.3 Å². The molecule has 0 aromatic heterocycles. The predicted octanol–water partition coefficient (Wildman–Crippen LogP) is 6.71. The normalized spacial score (nSPS) is 16.8. The molecular formula is C47H76N5O11P. The number of nitrogens with zero attached hydrogens (tertiary/aromatic N) is 4. The zero-order valence-electron chi connectivity index (χ0n) is 40.5. The van der Waals surface area contributed by atoms with Crippen LogP contribution in [0.1, 0.15) is 94.2 Å². The van der Waals surface area contributed by atoms with Gasteiger partial charge in [-0.2, -0.15) is 0 Å². The van der Waals surface area contributed by atoms with Crippen molar-refractivity contribution in [2.45, 2.75) is 125 Å². The number of carbonyl (C=O) groups excluding carboxylic acids is 4. The van der Waals surface area contributed by atoms with Crippen molar-refractivity contribution in [1.82, 2.24) is 24.9 Å². The molecule has 1 heterocycles. The second kappa shape index (κ2) is 24.6. The molecule has 1 amide bonds. The molecule has 0 spiro atoms. The van der Waals surface area contributed by atoms with E-state index < -0.39 is 60.0 Å². The van der Waals surface area contributed by atoms with Gasteiger partial charge in [0.05, 0.1) is 24.3 Å². The molecule has 1 atom stereocenters. The van der Waals surface area contributed by atoms with Crippen LogP contribution in [0.15, 0.2) is 60.7 Å². The lowest BCUT2D eigenvalue weighted by molar-refractivity contribution is -0.157. The first-order valence-electron chi connectivity index (χ1n) is 22.2. The van der Waals surface area contributed by atoms with Crippen LogP contribution in [0.4, 0.5) is 4.79 Å². The fourth-order valence-electron chi connectivity index (χ4n) is 6.66. The first-order chi connectivity index (χ1) is 29.6.